The predicted molar refractivity (Wildman–Crippen MR) is 102 cm³/mol. The van der Waals surface area contributed by atoms with Crippen LogP contribution in [0.2, 0.25) is 0 Å². The molecule has 0 amide bonds. The first-order valence-electron chi connectivity index (χ1n) is 9.19. The molecule has 5 heteroatoms. The lowest BCUT2D eigenvalue weighted by molar-refractivity contribution is 0.0391. The minimum Gasteiger partial charge on any atom is -0.478 e. The zero-order valence-corrected chi connectivity index (χ0v) is 15.7. The fourth-order valence-electron chi connectivity index (χ4n) is 3.01. The first-order valence-corrected chi connectivity index (χ1v) is 9.19. The van der Waals surface area contributed by atoms with Crippen LogP contribution >= 0.6 is 0 Å². The number of aryl methyl sites for hydroxylation is 1. The highest BCUT2D eigenvalue weighted by Gasteiger charge is 2.26. The smallest absolute Gasteiger partial charge is 0.347 e. The van der Waals surface area contributed by atoms with Crippen molar-refractivity contribution in [2.45, 2.75) is 46.0 Å². The molecule has 2 aromatic carbocycles. The van der Waals surface area contributed by atoms with Crippen LogP contribution in [0.25, 0.3) is 0 Å². The number of carbonyl (C=O) groups is 3. The number of esters is 2. The summed E-state index contributed by atoms with van der Waals surface area (Å²) in [6.45, 7) is 4.04. The van der Waals surface area contributed by atoms with E-state index in [1.54, 1.807) is 36.4 Å². The van der Waals surface area contributed by atoms with Gasteiger partial charge in [-0.25, -0.2) is 14.4 Å². The van der Waals surface area contributed by atoms with Gasteiger partial charge in [0, 0.05) is 0 Å². The van der Waals surface area contributed by atoms with Gasteiger partial charge in [-0.05, 0) is 48.6 Å². The standard InChI is InChI=1S/C22H24O5/c1-3-5-12-17-15(9-4-2)13-14-18(20(23)24)19(17)22(26)27-21(25)16-10-7-6-8-11-16/h6-8,10-11,13-14H,3-5,9,12H2,1-2H3,(H,23,24). The molecule has 142 valence electrons. The van der Waals surface area contributed by atoms with Gasteiger partial charge in [-0.3, -0.25) is 0 Å². The molecule has 5 nitrogen and oxygen atoms in total. The highest BCUT2D eigenvalue weighted by atomic mass is 16.6. The summed E-state index contributed by atoms with van der Waals surface area (Å²) in [5.74, 6) is -2.92. The number of carboxylic acids is 1. The molecule has 27 heavy (non-hydrogen) atoms. The van der Waals surface area contributed by atoms with Crippen molar-refractivity contribution in [2.75, 3.05) is 0 Å². The lowest BCUT2D eigenvalue weighted by Crippen LogP contribution is -2.19. The molecule has 0 radical (unpaired) electrons. The third-order valence-electron chi connectivity index (χ3n) is 4.34. The van der Waals surface area contributed by atoms with Crippen LogP contribution in [-0.2, 0) is 17.6 Å². The van der Waals surface area contributed by atoms with Gasteiger partial charge in [-0.1, -0.05) is 51.0 Å². The summed E-state index contributed by atoms with van der Waals surface area (Å²) in [7, 11) is 0. The van der Waals surface area contributed by atoms with E-state index < -0.39 is 17.9 Å². The van der Waals surface area contributed by atoms with Gasteiger partial charge >= 0.3 is 17.9 Å². The Morgan fingerprint density at radius 2 is 1.59 bits per heavy atom. The molecule has 2 rings (SSSR count). The summed E-state index contributed by atoms with van der Waals surface area (Å²) in [6.07, 6.45) is 3.87. The van der Waals surface area contributed by atoms with Gasteiger partial charge in [0.05, 0.1) is 16.7 Å². The fourth-order valence-corrected chi connectivity index (χ4v) is 3.01. The van der Waals surface area contributed by atoms with Gasteiger partial charge in [-0.2, -0.15) is 0 Å². The van der Waals surface area contributed by atoms with E-state index in [2.05, 4.69) is 0 Å². The maximum atomic E-state index is 12.8. The number of hydrogen-bond donors (Lipinski definition) is 1. The van der Waals surface area contributed by atoms with Crippen molar-refractivity contribution in [1.29, 1.82) is 0 Å². The van der Waals surface area contributed by atoms with E-state index in [1.165, 1.54) is 6.07 Å². The van der Waals surface area contributed by atoms with Crippen molar-refractivity contribution in [1.82, 2.24) is 0 Å². The third-order valence-corrected chi connectivity index (χ3v) is 4.34. The predicted octanol–water partition coefficient (Wildman–Crippen LogP) is 4.68. The molecule has 0 saturated heterocycles. The average molecular weight is 368 g/mol. The molecule has 0 atom stereocenters. The molecular formula is C22H24O5. The number of ether oxygens (including phenoxy) is 1. The van der Waals surface area contributed by atoms with E-state index in [4.69, 9.17) is 4.74 Å². The first kappa shape index (κ1) is 20.4. The van der Waals surface area contributed by atoms with Crippen LogP contribution in [0.3, 0.4) is 0 Å². The van der Waals surface area contributed by atoms with E-state index in [-0.39, 0.29) is 16.7 Å². The average Bonchev–Trinajstić information content (AvgIpc) is 2.67. The Morgan fingerprint density at radius 3 is 2.19 bits per heavy atom. The zero-order chi connectivity index (χ0) is 19.8. The summed E-state index contributed by atoms with van der Waals surface area (Å²) in [4.78, 5) is 36.7. The molecule has 2 aromatic rings. The summed E-state index contributed by atoms with van der Waals surface area (Å²) >= 11 is 0. The van der Waals surface area contributed by atoms with Crippen LogP contribution in [0.4, 0.5) is 0 Å². The molecule has 0 aromatic heterocycles. The summed E-state index contributed by atoms with van der Waals surface area (Å²) < 4.78 is 5.03. The van der Waals surface area contributed by atoms with Gasteiger partial charge < -0.3 is 9.84 Å². The Balaban J connectivity index is 2.47. The van der Waals surface area contributed by atoms with Gasteiger partial charge in [-0.15, -0.1) is 0 Å². The molecule has 0 aliphatic heterocycles. The molecule has 0 heterocycles. The van der Waals surface area contributed by atoms with Crippen molar-refractivity contribution in [3.8, 4) is 0 Å². The zero-order valence-electron chi connectivity index (χ0n) is 15.7. The molecule has 0 aliphatic carbocycles. The maximum Gasteiger partial charge on any atom is 0.347 e. The minimum atomic E-state index is -1.21. The largest absolute Gasteiger partial charge is 0.478 e. The summed E-state index contributed by atoms with van der Waals surface area (Å²) in [6, 6.07) is 11.3. The second-order valence-electron chi connectivity index (χ2n) is 6.33. The first-order chi connectivity index (χ1) is 13.0. The Hall–Kier alpha value is -2.95. The number of hydrogen-bond acceptors (Lipinski definition) is 4. The van der Waals surface area contributed by atoms with Crippen molar-refractivity contribution >= 4 is 17.9 Å². The van der Waals surface area contributed by atoms with Crippen LogP contribution in [-0.4, -0.2) is 23.0 Å². The number of unbranched alkanes of at least 4 members (excludes halogenated alkanes) is 1. The Bertz CT molecular complexity index is 824. The molecule has 0 spiro atoms. The molecular weight excluding hydrogens is 344 g/mol. The lowest BCUT2D eigenvalue weighted by atomic mass is 9.90. The van der Waals surface area contributed by atoms with Crippen LogP contribution in [0, 0.1) is 0 Å². The highest BCUT2D eigenvalue weighted by Crippen LogP contribution is 2.25. The fraction of sp³-hybridized carbons (Fsp3) is 0.318. The second-order valence-corrected chi connectivity index (χ2v) is 6.33. The summed E-state index contributed by atoms with van der Waals surface area (Å²) in [5.41, 5.74) is 1.69. The number of rotatable bonds is 8. The Kier molecular flexibility index (Phi) is 7.29. The van der Waals surface area contributed by atoms with E-state index in [0.29, 0.717) is 12.0 Å². The lowest BCUT2D eigenvalue weighted by Gasteiger charge is -2.16. The minimum absolute atomic E-state index is 0.00817. The second kappa shape index (κ2) is 9.67. The molecule has 0 saturated carbocycles. The van der Waals surface area contributed by atoms with Crippen LogP contribution in [0.1, 0.15) is 75.3 Å². The SMILES string of the molecule is CCCCc1c(CCC)ccc(C(=O)O)c1C(=O)OC(=O)c1ccccc1. The quantitative estimate of drug-likeness (QED) is 0.541. The van der Waals surface area contributed by atoms with Gasteiger partial charge in [0.25, 0.3) is 0 Å². The normalized spacial score (nSPS) is 10.4. The third kappa shape index (κ3) is 5.03. The molecule has 0 bridgehead atoms. The van der Waals surface area contributed by atoms with Crippen molar-refractivity contribution in [3.63, 3.8) is 0 Å². The molecule has 0 unspecified atom stereocenters. The molecule has 0 fully saturated rings. The Labute approximate surface area is 159 Å². The topological polar surface area (TPSA) is 80.7 Å². The number of benzene rings is 2. The van der Waals surface area contributed by atoms with Gasteiger partial charge in [0.1, 0.15) is 0 Å². The van der Waals surface area contributed by atoms with Crippen molar-refractivity contribution in [3.05, 3.63) is 70.3 Å². The van der Waals surface area contributed by atoms with E-state index in [0.717, 1.165) is 31.2 Å². The van der Waals surface area contributed by atoms with E-state index in [1.807, 2.05) is 13.8 Å². The number of carboxylic acid groups (broad SMARTS) is 1. The number of carbonyl (C=O) groups excluding carboxylic acids is 2. The van der Waals surface area contributed by atoms with Crippen LogP contribution < -0.4 is 0 Å². The Morgan fingerprint density at radius 1 is 0.889 bits per heavy atom. The summed E-state index contributed by atoms with van der Waals surface area (Å²) in [5, 5.41) is 9.54. The van der Waals surface area contributed by atoms with E-state index >= 15 is 0 Å². The molecule has 0 aliphatic rings. The highest BCUT2D eigenvalue weighted by molar-refractivity contribution is 6.08. The maximum absolute atomic E-state index is 12.8. The monoisotopic (exact) mass is 368 g/mol. The van der Waals surface area contributed by atoms with Gasteiger partial charge in [0.15, 0.2) is 0 Å². The van der Waals surface area contributed by atoms with Crippen LogP contribution in [0.5, 0.6) is 0 Å². The van der Waals surface area contributed by atoms with E-state index in [9.17, 15) is 19.5 Å². The van der Waals surface area contributed by atoms with Crippen molar-refractivity contribution < 1.29 is 24.2 Å². The van der Waals surface area contributed by atoms with Crippen LogP contribution in [0.15, 0.2) is 42.5 Å². The number of aromatic carboxylic acids is 1. The molecule has 1 N–H and O–H groups in total. The van der Waals surface area contributed by atoms with Crippen molar-refractivity contribution in [2.24, 2.45) is 0 Å². The van der Waals surface area contributed by atoms with Gasteiger partial charge in [0.2, 0.25) is 0 Å².